The van der Waals surface area contributed by atoms with Gasteiger partial charge in [-0.2, -0.15) is 13.9 Å². The second kappa shape index (κ2) is 7.45. The van der Waals surface area contributed by atoms with Crippen molar-refractivity contribution in [3.05, 3.63) is 29.1 Å². The van der Waals surface area contributed by atoms with Gasteiger partial charge >= 0.3 is 13.7 Å². The molecule has 2 atom stereocenters. The Balaban J connectivity index is 3.04. The number of benzene rings is 1. The van der Waals surface area contributed by atoms with Crippen LogP contribution in [0.3, 0.4) is 0 Å². The van der Waals surface area contributed by atoms with Crippen LogP contribution in [0.4, 0.5) is 22.0 Å². The predicted octanol–water partition coefficient (Wildman–Crippen LogP) is 2.79. The molecule has 0 aliphatic carbocycles. The minimum Gasteiger partial charge on any atom is -0.462 e. The third-order valence-electron chi connectivity index (χ3n) is 2.45. The Morgan fingerprint density at radius 1 is 1.00 bits per heavy atom. The standard InChI is InChI=1S/C12H13F5NO5P/c1-4(2)22-12(19)5(3)18-24(20,21)23-11-9(16)7(14)6(13)8(15)10(11)17/h4-5H,1-3H3,(H2,18,20,21)/t5-/m0/s1. The van der Waals surface area contributed by atoms with E-state index in [2.05, 4.69) is 4.52 Å². The monoisotopic (exact) mass is 377 g/mol. The highest BCUT2D eigenvalue weighted by Crippen LogP contribution is 2.42. The van der Waals surface area contributed by atoms with E-state index in [1.165, 1.54) is 13.8 Å². The highest BCUT2D eigenvalue weighted by Gasteiger charge is 2.34. The third-order valence-corrected chi connectivity index (χ3v) is 3.59. The largest absolute Gasteiger partial charge is 0.462 e. The summed E-state index contributed by atoms with van der Waals surface area (Å²) in [6.07, 6.45) is -0.559. The van der Waals surface area contributed by atoms with E-state index in [0.29, 0.717) is 0 Å². The zero-order chi connectivity index (χ0) is 18.8. The number of halogens is 5. The molecule has 0 heterocycles. The average molecular weight is 377 g/mol. The van der Waals surface area contributed by atoms with Crippen molar-refractivity contribution in [1.29, 1.82) is 0 Å². The maximum absolute atomic E-state index is 13.4. The Morgan fingerprint density at radius 2 is 1.42 bits per heavy atom. The van der Waals surface area contributed by atoms with Crippen LogP contribution in [0.1, 0.15) is 20.8 Å². The Labute approximate surface area is 133 Å². The molecule has 0 aliphatic rings. The highest BCUT2D eigenvalue weighted by molar-refractivity contribution is 7.51. The second-order valence-corrected chi connectivity index (χ2v) is 6.33. The van der Waals surface area contributed by atoms with Crippen LogP contribution >= 0.6 is 7.75 Å². The fraction of sp³-hybridized carbons (Fsp3) is 0.417. The van der Waals surface area contributed by atoms with Gasteiger partial charge in [0.2, 0.25) is 34.8 Å². The zero-order valence-electron chi connectivity index (χ0n) is 12.6. The Bertz CT molecular complexity index is 670. The summed E-state index contributed by atoms with van der Waals surface area (Å²) in [5.41, 5.74) is 0. The van der Waals surface area contributed by atoms with Gasteiger partial charge in [0.1, 0.15) is 6.04 Å². The van der Waals surface area contributed by atoms with Crippen LogP contribution in [0.2, 0.25) is 0 Å². The quantitative estimate of drug-likeness (QED) is 0.261. The number of hydrogen-bond donors (Lipinski definition) is 2. The molecular weight excluding hydrogens is 364 g/mol. The smallest absolute Gasteiger partial charge is 0.457 e. The Hall–Kier alpha value is -1.71. The fourth-order valence-corrected chi connectivity index (χ4v) is 2.50. The maximum atomic E-state index is 13.4. The molecule has 0 spiro atoms. The molecule has 1 aromatic rings. The zero-order valence-corrected chi connectivity index (χ0v) is 13.5. The van der Waals surface area contributed by atoms with Crippen LogP contribution in [0.25, 0.3) is 0 Å². The van der Waals surface area contributed by atoms with E-state index >= 15 is 0 Å². The molecule has 0 aromatic heterocycles. The molecule has 0 fully saturated rings. The minimum atomic E-state index is -5.16. The summed E-state index contributed by atoms with van der Waals surface area (Å²) in [4.78, 5) is 20.9. The molecule has 1 rings (SSSR count). The highest BCUT2D eigenvalue weighted by atomic mass is 31.2. The summed E-state index contributed by atoms with van der Waals surface area (Å²) >= 11 is 0. The maximum Gasteiger partial charge on any atom is 0.457 e. The van der Waals surface area contributed by atoms with Gasteiger partial charge in [0.15, 0.2) is 0 Å². The molecule has 0 amide bonds. The van der Waals surface area contributed by atoms with Crippen molar-refractivity contribution in [2.75, 3.05) is 0 Å². The number of hydrogen-bond acceptors (Lipinski definition) is 4. The van der Waals surface area contributed by atoms with Gasteiger partial charge in [-0.05, 0) is 20.8 Å². The molecule has 0 saturated heterocycles. The van der Waals surface area contributed by atoms with Gasteiger partial charge < -0.3 is 14.2 Å². The van der Waals surface area contributed by atoms with E-state index in [1.54, 1.807) is 5.09 Å². The van der Waals surface area contributed by atoms with Crippen molar-refractivity contribution < 1.29 is 45.5 Å². The average Bonchev–Trinajstić information content (AvgIpc) is 2.46. The SMILES string of the molecule is CC(C)OC(=O)[C@H](C)NP(=O)(O)Oc1c(F)c(F)c(F)c(F)c1F. The molecule has 1 unspecified atom stereocenters. The molecule has 2 N–H and O–H groups in total. The molecule has 0 bridgehead atoms. The minimum absolute atomic E-state index is 0.559. The van der Waals surface area contributed by atoms with Gasteiger partial charge in [-0.15, -0.1) is 0 Å². The number of carbonyl (C=O) groups is 1. The van der Waals surface area contributed by atoms with Crippen LogP contribution in [0.5, 0.6) is 5.75 Å². The van der Waals surface area contributed by atoms with Gasteiger partial charge in [0, 0.05) is 0 Å². The van der Waals surface area contributed by atoms with Crippen molar-refractivity contribution in [3.63, 3.8) is 0 Å². The van der Waals surface area contributed by atoms with E-state index in [4.69, 9.17) is 4.74 Å². The third kappa shape index (κ3) is 4.65. The molecule has 24 heavy (non-hydrogen) atoms. The van der Waals surface area contributed by atoms with E-state index < -0.39 is 60.7 Å². The van der Waals surface area contributed by atoms with Crippen molar-refractivity contribution in [1.82, 2.24) is 5.09 Å². The van der Waals surface area contributed by atoms with Gasteiger partial charge in [-0.3, -0.25) is 4.79 Å². The Kier molecular flexibility index (Phi) is 6.32. The number of nitrogens with one attached hydrogen (secondary N) is 1. The molecule has 6 nitrogen and oxygen atoms in total. The first-order valence-electron chi connectivity index (χ1n) is 6.39. The van der Waals surface area contributed by atoms with E-state index in [0.717, 1.165) is 6.92 Å². The topological polar surface area (TPSA) is 84.9 Å². The summed E-state index contributed by atoms with van der Waals surface area (Å²) in [5, 5.41) is 1.66. The summed E-state index contributed by atoms with van der Waals surface area (Å²) in [6, 6.07) is -1.47. The van der Waals surface area contributed by atoms with Gasteiger partial charge in [-0.25, -0.2) is 17.7 Å². The number of esters is 1. The fourth-order valence-electron chi connectivity index (χ4n) is 1.45. The predicted molar refractivity (Wildman–Crippen MR) is 70.5 cm³/mol. The van der Waals surface area contributed by atoms with Crippen molar-refractivity contribution in [3.8, 4) is 5.75 Å². The van der Waals surface area contributed by atoms with Crippen molar-refractivity contribution in [2.45, 2.75) is 32.9 Å². The molecule has 1 aromatic carbocycles. The Morgan fingerprint density at radius 3 is 1.83 bits per heavy atom. The first kappa shape index (κ1) is 20.3. The summed E-state index contributed by atoms with van der Waals surface area (Å²) in [5.74, 6) is -15.0. The lowest BCUT2D eigenvalue weighted by Gasteiger charge is -2.20. The van der Waals surface area contributed by atoms with Crippen LogP contribution in [-0.2, 0) is 14.1 Å². The lowest BCUT2D eigenvalue weighted by Crippen LogP contribution is -2.35. The van der Waals surface area contributed by atoms with Crippen molar-refractivity contribution in [2.24, 2.45) is 0 Å². The normalized spacial score (nSPS) is 15.1. The van der Waals surface area contributed by atoms with E-state index in [-0.39, 0.29) is 0 Å². The lowest BCUT2D eigenvalue weighted by atomic mass is 10.3. The molecule has 0 aliphatic heterocycles. The van der Waals surface area contributed by atoms with Crippen LogP contribution in [0, 0.1) is 29.1 Å². The van der Waals surface area contributed by atoms with E-state index in [1.807, 2.05) is 0 Å². The first-order chi connectivity index (χ1) is 10.9. The van der Waals surface area contributed by atoms with Gasteiger partial charge in [-0.1, -0.05) is 0 Å². The summed E-state index contributed by atoms with van der Waals surface area (Å²) < 4.78 is 86.1. The molecule has 0 saturated carbocycles. The molecule has 136 valence electrons. The molecular formula is C12H13F5NO5P. The number of carbonyl (C=O) groups excluding carboxylic acids is 1. The van der Waals surface area contributed by atoms with Crippen LogP contribution < -0.4 is 9.61 Å². The van der Waals surface area contributed by atoms with Crippen LogP contribution in [-0.4, -0.2) is 23.0 Å². The second-order valence-electron chi connectivity index (χ2n) is 4.85. The van der Waals surface area contributed by atoms with E-state index in [9.17, 15) is 36.2 Å². The van der Waals surface area contributed by atoms with Crippen LogP contribution in [0.15, 0.2) is 0 Å². The van der Waals surface area contributed by atoms with Gasteiger partial charge in [0.25, 0.3) is 0 Å². The first-order valence-corrected chi connectivity index (χ1v) is 7.97. The molecule has 12 heteroatoms. The van der Waals surface area contributed by atoms with Crippen molar-refractivity contribution >= 4 is 13.7 Å². The summed E-state index contributed by atoms with van der Waals surface area (Å²) in [6.45, 7) is 4.05. The number of ether oxygens (including phenoxy) is 1. The number of rotatable bonds is 6. The molecule has 0 radical (unpaired) electrons. The lowest BCUT2D eigenvalue weighted by molar-refractivity contribution is -0.149. The van der Waals surface area contributed by atoms with Gasteiger partial charge in [0.05, 0.1) is 6.10 Å². The summed E-state index contributed by atoms with van der Waals surface area (Å²) in [7, 11) is -5.16.